The van der Waals surface area contributed by atoms with Gasteiger partial charge in [-0.25, -0.2) is 0 Å². The molecule has 0 spiro atoms. The summed E-state index contributed by atoms with van der Waals surface area (Å²) < 4.78 is 10.9. The smallest absolute Gasteiger partial charge is 0.257 e. The summed E-state index contributed by atoms with van der Waals surface area (Å²) in [5.74, 6) is 2.67. The minimum Gasteiger partial charge on any atom is -0.379 e. The number of nitrogens with one attached hydrogen (secondary N) is 2. The quantitative estimate of drug-likeness (QED) is 0.279. The van der Waals surface area contributed by atoms with Gasteiger partial charge in [0.1, 0.15) is 0 Å². The van der Waals surface area contributed by atoms with E-state index in [9.17, 15) is 0 Å². The van der Waals surface area contributed by atoms with E-state index < -0.39 is 0 Å². The molecule has 9 heteroatoms. The number of morpholine rings is 1. The lowest BCUT2D eigenvalue weighted by molar-refractivity contribution is 0.00752. The minimum atomic E-state index is 0. The molecule has 1 unspecified atom stereocenters. The molecule has 32 heavy (non-hydrogen) atoms. The molecule has 0 saturated carbocycles. The van der Waals surface area contributed by atoms with Gasteiger partial charge in [0.2, 0.25) is 0 Å². The van der Waals surface area contributed by atoms with Gasteiger partial charge >= 0.3 is 0 Å². The predicted molar refractivity (Wildman–Crippen MR) is 138 cm³/mol. The zero-order valence-electron chi connectivity index (χ0n) is 19.6. The largest absolute Gasteiger partial charge is 0.379 e. The molecule has 2 aromatic rings. The zero-order chi connectivity index (χ0) is 22.1. The predicted octanol–water partition coefficient (Wildman–Crippen LogP) is 3.33. The lowest BCUT2D eigenvalue weighted by atomic mass is 10.0. The molecular formula is C23H37IN6O2. The molecule has 1 aromatic heterocycles. The van der Waals surface area contributed by atoms with Gasteiger partial charge in [-0.3, -0.25) is 9.89 Å². The van der Waals surface area contributed by atoms with Crippen molar-refractivity contribution in [2.45, 2.75) is 46.2 Å². The number of hydrogen-bond acceptors (Lipinski definition) is 6. The molecule has 3 rings (SSSR count). The fourth-order valence-electron chi connectivity index (χ4n) is 3.81. The Bertz CT molecular complexity index is 835. The van der Waals surface area contributed by atoms with E-state index in [0.29, 0.717) is 24.4 Å². The van der Waals surface area contributed by atoms with Crippen molar-refractivity contribution in [1.82, 2.24) is 25.7 Å². The second-order valence-electron chi connectivity index (χ2n) is 8.23. The molecule has 1 aliphatic rings. The van der Waals surface area contributed by atoms with Crippen molar-refractivity contribution in [2.75, 3.05) is 39.9 Å². The standard InChI is InChI=1S/C23H36N6O2.HI/c1-5-7-21-27-22(31-28-21)19-9-6-8-18(14-19)15-25-23(24-4)26-16-20(17(2)3)29-10-12-30-13-11-29;/h6,8-9,14,17,20H,5,7,10-13,15-16H2,1-4H3,(H2,24,25,26);1H. The van der Waals surface area contributed by atoms with Crippen LogP contribution in [0, 0.1) is 5.92 Å². The molecule has 1 saturated heterocycles. The lowest BCUT2D eigenvalue weighted by Crippen LogP contribution is -2.52. The Morgan fingerprint density at radius 3 is 2.69 bits per heavy atom. The molecule has 1 aromatic carbocycles. The van der Waals surface area contributed by atoms with Crippen molar-refractivity contribution in [3.63, 3.8) is 0 Å². The summed E-state index contributed by atoms with van der Waals surface area (Å²) in [4.78, 5) is 11.4. The number of aromatic nitrogens is 2. The molecule has 8 nitrogen and oxygen atoms in total. The molecule has 1 atom stereocenters. The van der Waals surface area contributed by atoms with Crippen LogP contribution in [0.3, 0.4) is 0 Å². The average molecular weight is 556 g/mol. The van der Waals surface area contributed by atoms with Gasteiger partial charge in [-0.1, -0.05) is 38.1 Å². The van der Waals surface area contributed by atoms with E-state index in [1.54, 1.807) is 7.05 Å². The number of halogens is 1. The van der Waals surface area contributed by atoms with Gasteiger partial charge in [-0.2, -0.15) is 4.98 Å². The maximum Gasteiger partial charge on any atom is 0.257 e. The minimum absolute atomic E-state index is 0. The van der Waals surface area contributed by atoms with Gasteiger partial charge in [0.25, 0.3) is 5.89 Å². The maximum absolute atomic E-state index is 5.51. The van der Waals surface area contributed by atoms with Crippen LogP contribution in [-0.2, 0) is 17.7 Å². The number of rotatable bonds is 9. The van der Waals surface area contributed by atoms with E-state index in [-0.39, 0.29) is 24.0 Å². The molecule has 2 heterocycles. The van der Waals surface area contributed by atoms with Crippen molar-refractivity contribution < 1.29 is 9.26 Å². The highest BCUT2D eigenvalue weighted by Gasteiger charge is 2.23. The molecule has 1 fully saturated rings. The van der Waals surface area contributed by atoms with E-state index >= 15 is 0 Å². The zero-order valence-corrected chi connectivity index (χ0v) is 22.0. The van der Waals surface area contributed by atoms with Crippen molar-refractivity contribution in [3.8, 4) is 11.5 Å². The normalized spacial score (nSPS) is 16.0. The average Bonchev–Trinajstić information content (AvgIpc) is 3.26. The molecule has 0 aliphatic carbocycles. The third-order valence-corrected chi connectivity index (χ3v) is 5.56. The van der Waals surface area contributed by atoms with Crippen LogP contribution in [0.15, 0.2) is 33.8 Å². The molecule has 0 amide bonds. The summed E-state index contributed by atoms with van der Waals surface area (Å²) in [7, 11) is 1.80. The SMILES string of the molecule is CCCc1noc(-c2cccc(CNC(=NC)NCC(C(C)C)N3CCOCC3)c2)n1.I. The number of nitrogens with zero attached hydrogens (tertiary/aromatic N) is 4. The van der Waals surface area contributed by atoms with Crippen molar-refractivity contribution in [3.05, 3.63) is 35.7 Å². The van der Waals surface area contributed by atoms with Gasteiger partial charge in [0, 0.05) is 51.3 Å². The van der Waals surface area contributed by atoms with Crippen molar-refractivity contribution in [1.29, 1.82) is 0 Å². The summed E-state index contributed by atoms with van der Waals surface area (Å²) in [5, 5.41) is 11.0. The molecule has 2 N–H and O–H groups in total. The Kier molecular flexibility index (Phi) is 11.4. The van der Waals surface area contributed by atoms with E-state index in [0.717, 1.165) is 68.6 Å². The van der Waals surface area contributed by atoms with Crippen LogP contribution < -0.4 is 10.6 Å². The fourth-order valence-corrected chi connectivity index (χ4v) is 3.81. The van der Waals surface area contributed by atoms with Gasteiger partial charge in [0.15, 0.2) is 11.8 Å². The molecule has 0 radical (unpaired) electrons. The number of hydrogen-bond donors (Lipinski definition) is 2. The van der Waals surface area contributed by atoms with Crippen LogP contribution in [0.4, 0.5) is 0 Å². The second kappa shape index (κ2) is 13.7. The molecular weight excluding hydrogens is 519 g/mol. The monoisotopic (exact) mass is 556 g/mol. The van der Waals surface area contributed by atoms with Crippen molar-refractivity contribution in [2.24, 2.45) is 10.9 Å². The maximum atomic E-state index is 5.51. The van der Waals surface area contributed by atoms with Crippen LogP contribution in [0.25, 0.3) is 11.5 Å². The first-order valence-corrected chi connectivity index (χ1v) is 11.3. The van der Waals surface area contributed by atoms with Crippen LogP contribution in [-0.4, -0.2) is 66.9 Å². The topological polar surface area (TPSA) is 87.8 Å². The van der Waals surface area contributed by atoms with Gasteiger partial charge in [0.05, 0.1) is 13.2 Å². The number of aryl methyl sites for hydroxylation is 1. The summed E-state index contributed by atoms with van der Waals surface area (Å²) >= 11 is 0. The van der Waals surface area contributed by atoms with Crippen LogP contribution in [0.2, 0.25) is 0 Å². The van der Waals surface area contributed by atoms with Crippen LogP contribution >= 0.6 is 24.0 Å². The third kappa shape index (κ3) is 7.70. The second-order valence-corrected chi connectivity index (χ2v) is 8.23. The summed E-state index contributed by atoms with van der Waals surface area (Å²) in [5.41, 5.74) is 2.06. The Morgan fingerprint density at radius 1 is 1.22 bits per heavy atom. The number of guanidine groups is 1. The first-order valence-electron chi connectivity index (χ1n) is 11.3. The summed E-state index contributed by atoms with van der Waals surface area (Å²) in [6, 6.07) is 8.61. The first kappa shape index (κ1) is 26.5. The summed E-state index contributed by atoms with van der Waals surface area (Å²) in [6.45, 7) is 11.7. The highest BCUT2D eigenvalue weighted by Crippen LogP contribution is 2.19. The Balaban J connectivity index is 0.00000363. The van der Waals surface area contributed by atoms with E-state index in [4.69, 9.17) is 9.26 Å². The number of ether oxygens (including phenoxy) is 1. The highest BCUT2D eigenvalue weighted by molar-refractivity contribution is 14.0. The fraction of sp³-hybridized carbons (Fsp3) is 0.609. The Labute approximate surface area is 208 Å². The highest BCUT2D eigenvalue weighted by atomic mass is 127. The molecule has 0 bridgehead atoms. The lowest BCUT2D eigenvalue weighted by Gasteiger charge is -2.37. The first-order chi connectivity index (χ1) is 15.1. The van der Waals surface area contributed by atoms with Gasteiger partial charge in [-0.05, 0) is 30.0 Å². The molecule has 1 aliphatic heterocycles. The van der Waals surface area contributed by atoms with Crippen LogP contribution in [0.5, 0.6) is 0 Å². The Morgan fingerprint density at radius 2 is 2.00 bits per heavy atom. The van der Waals surface area contributed by atoms with E-state index in [1.165, 1.54) is 0 Å². The van der Waals surface area contributed by atoms with E-state index in [1.807, 2.05) is 12.1 Å². The third-order valence-electron chi connectivity index (χ3n) is 5.56. The van der Waals surface area contributed by atoms with Gasteiger partial charge < -0.3 is 19.9 Å². The summed E-state index contributed by atoms with van der Waals surface area (Å²) in [6.07, 6.45) is 1.83. The number of benzene rings is 1. The van der Waals surface area contributed by atoms with Crippen LogP contribution in [0.1, 0.15) is 38.6 Å². The van der Waals surface area contributed by atoms with E-state index in [2.05, 4.69) is 63.6 Å². The molecule has 178 valence electrons. The Hall–Kier alpha value is -1.72. The van der Waals surface area contributed by atoms with Crippen molar-refractivity contribution >= 4 is 29.9 Å². The number of aliphatic imine (C=N–C) groups is 1. The van der Waals surface area contributed by atoms with Gasteiger partial charge in [-0.15, -0.1) is 24.0 Å².